The molecule has 1 N–H and O–H groups in total. The largest absolute Gasteiger partial charge is 0.350 e. The molecule has 6 heteroatoms. The molecule has 1 aliphatic heterocycles. The first kappa shape index (κ1) is 12.6. The number of non-ortho nitro benzene ring substituents is 1. The first-order valence-corrected chi connectivity index (χ1v) is 5.89. The van der Waals surface area contributed by atoms with Gasteiger partial charge < -0.3 is 5.32 Å². The predicted molar refractivity (Wildman–Crippen MR) is 70.6 cm³/mol. The standard InChI is InChI=1S/C12H12N2O3S/c1-12(7-11(15)13-12)6-10(18)8-2-4-9(5-3-8)14(16)17/h2-5H,6-7H2,1H3,(H,13,15). The predicted octanol–water partition coefficient (Wildman–Crippen LogP) is 1.98. The van der Waals surface area contributed by atoms with Crippen molar-refractivity contribution in [3.63, 3.8) is 0 Å². The normalized spacial score (nSPS) is 21.9. The van der Waals surface area contributed by atoms with Crippen molar-refractivity contribution in [2.24, 2.45) is 0 Å². The minimum atomic E-state index is -0.444. The van der Waals surface area contributed by atoms with Crippen LogP contribution < -0.4 is 5.32 Å². The molecule has 1 unspecified atom stereocenters. The second-order valence-corrected chi connectivity index (χ2v) is 5.18. The molecule has 1 amide bonds. The van der Waals surface area contributed by atoms with Crippen LogP contribution in [0.15, 0.2) is 24.3 Å². The Hall–Kier alpha value is -1.82. The Morgan fingerprint density at radius 3 is 2.50 bits per heavy atom. The summed E-state index contributed by atoms with van der Waals surface area (Å²) in [5, 5.41) is 13.3. The fourth-order valence-corrected chi connectivity index (χ4v) is 2.46. The van der Waals surface area contributed by atoms with Gasteiger partial charge in [0.05, 0.1) is 10.5 Å². The lowest BCUT2D eigenvalue weighted by Gasteiger charge is -2.39. The fraction of sp³-hybridized carbons (Fsp3) is 0.333. The van der Waals surface area contributed by atoms with Crippen LogP contribution in [0.1, 0.15) is 25.3 Å². The van der Waals surface area contributed by atoms with Crippen LogP contribution in [0.4, 0.5) is 5.69 Å². The topological polar surface area (TPSA) is 72.2 Å². The number of hydrogen-bond acceptors (Lipinski definition) is 4. The number of rotatable bonds is 4. The van der Waals surface area contributed by atoms with Crippen LogP contribution in [0.3, 0.4) is 0 Å². The van der Waals surface area contributed by atoms with Crippen LogP contribution in [-0.4, -0.2) is 21.2 Å². The third-order valence-corrected chi connectivity index (χ3v) is 3.32. The SMILES string of the molecule is CC1(CC(=S)c2ccc([N+](=O)[O-])cc2)CC(=O)N1. The molecule has 94 valence electrons. The van der Waals surface area contributed by atoms with Gasteiger partial charge >= 0.3 is 0 Å². The number of nitrogens with zero attached hydrogens (tertiary/aromatic N) is 1. The maximum Gasteiger partial charge on any atom is 0.269 e. The van der Waals surface area contributed by atoms with Crippen molar-refractivity contribution in [3.8, 4) is 0 Å². The number of nitrogens with one attached hydrogen (secondary N) is 1. The monoisotopic (exact) mass is 264 g/mol. The van der Waals surface area contributed by atoms with Gasteiger partial charge in [-0.05, 0) is 24.6 Å². The molecule has 1 aromatic rings. The zero-order valence-electron chi connectivity index (χ0n) is 9.80. The molecule has 0 aromatic heterocycles. The van der Waals surface area contributed by atoms with Crippen LogP contribution in [0.2, 0.25) is 0 Å². The molecule has 18 heavy (non-hydrogen) atoms. The third kappa shape index (κ3) is 2.53. The molecular formula is C12H12N2O3S. The van der Waals surface area contributed by atoms with Crippen molar-refractivity contribution in [1.29, 1.82) is 0 Å². The molecule has 2 rings (SSSR count). The smallest absolute Gasteiger partial charge is 0.269 e. The van der Waals surface area contributed by atoms with E-state index < -0.39 is 4.92 Å². The van der Waals surface area contributed by atoms with Gasteiger partial charge in [0, 0.05) is 29.8 Å². The fourth-order valence-electron chi connectivity index (χ4n) is 2.00. The number of nitro benzene ring substituents is 1. The van der Waals surface area contributed by atoms with Crippen LogP contribution >= 0.6 is 12.2 Å². The summed E-state index contributed by atoms with van der Waals surface area (Å²) in [6.45, 7) is 1.94. The van der Waals surface area contributed by atoms with E-state index in [1.165, 1.54) is 12.1 Å². The van der Waals surface area contributed by atoms with E-state index in [0.717, 1.165) is 5.56 Å². The van der Waals surface area contributed by atoms with Gasteiger partial charge in [-0.25, -0.2) is 0 Å². The zero-order valence-corrected chi connectivity index (χ0v) is 10.6. The van der Waals surface area contributed by atoms with Crippen molar-refractivity contribution in [2.45, 2.75) is 25.3 Å². The van der Waals surface area contributed by atoms with E-state index in [2.05, 4.69) is 5.32 Å². The van der Waals surface area contributed by atoms with Gasteiger partial charge in [0.2, 0.25) is 5.91 Å². The highest BCUT2D eigenvalue weighted by Gasteiger charge is 2.38. The number of amides is 1. The van der Waals surface area contributed by atoms with E-state index in [0.29, 0.717) is 17.7 Å². The number of benzene rings is 1. The third-order valence-electron chi connectivity index (χ3n) is 2.94. The summed E-state index contributed by atoms with van der Waals surface area (Å²) in [7, 11) is 0. The maximum atomic E-state index is 10.9. The van der Waals surface area contributed by atoms with Gasteiger partial charge in [0.1, 0.15) is 0 Å². The molecule has 0 bridgehead atoms. The summed E-state index contributed by atoms with van der Waals surface area (Å²) in [4.78, 5) is 21.7. The lowest BCUT2D eigenvalue weighted by molar-refractivity contribution is -0.384. The lowest BCUT2D eigenvalue weighted by Crippen LogP contribution is -2.59. The summed E-state index contributed by atoms with van der Waals surface area (Å²) >= 11 is 5.30. The van der Waals surface area contributed by atoms with Crippen LogP contribution in [0, 0.1) is 10.1 Å². The number of nitro groups is 1. The van der Waals surface area contributed by atoms with E-state index in [-0.39, 0.29) is 17.1 Å². The lowest BCUT2D eigenvalue weighted by atomic mass is 9.83. The van der Waals surface area contributed by atoms with Gasteiger partial charge in [-0.2, -0.15) is 0 Å². The van der Waals surface area contributed by atoms with Gasteiger partial charge in [-0.3, -0.25) is 14.9 Å². The first-order chi connectivity index (χ1) is 8.39. The Balaban J connectivity index is 2.05. The summed E-state index contributed by atoms with van der Waals surface area (Å²) in [5.41, 5.74) is 0.568. The second kappa shape index (κ2) is 4.45. The zero-order chi connectivity index (χ0) is 13.3. The Kier molecular flexibility index (Phi) is 3.13. The van der Waals surface area contributed by atoms with E-state index in [1.54, 1.807) is 12.1 Å². The minimum absolute atomic E-state index is 0.0315. The molecule has 1 saturated heterocycles. The highest BCUT2D eigenvalue weighted by Crippen LogP contribution is 2.26. The molecule has 1 heterocycles. The Bertz CT molecular complexity index is 517. The molecule has 5 nitrogen and oxygen atoms in total. The number of thiocarbonyl (C=S) groups is 1. The maximum absolute atomic E-state index is 10.9. The van der Waals surface area contributed by atoms with Crippen LogP contribution in [0.5, 0.6) is 0 Å². The number of hydrogen-bond donors (Lipinski definition) is 1. The van der Waals surface area contributed by atoms with Crippen molar-refractivity contribution in [2.75, 3.05) is 0 Å². The van der Waals surface area contributed by atoms with Gasteiger partial charge in [-0.15, -0.1) is 0 Å². The molecule has 0 spiro atoms. The molecule has 0 saturated carbocycles. The van der Waals surface area contributed by atoms with Crippen LogP contribution in [-0.2, 0) is 4.79 Å². The number of carbonyl (C=O) groups excluding carboxylic acids is 1. The summed E-state index contributed by atoms with van der Waals surface area (Å²) in [5.74, 6) is 0.0315. The molecule has 1 atom stereocenters. The van der Waals surface area contributed by atoms with E-state index in [1.807, 2.05) is 6.92 Å². The molecule has 1 fully saturated rings. The van der Waals surface area contributed by atoms with Gasteiger partial charge in [-0.1, -0.05) is 12.2 Å². The van der Waals surface area contributed by atoms with Crippen molar-refractivity contribution < 1.29 is 9.72 Å². The molecular weight excluding hydrogens is 252 g/mol. The minimum Gasteiger partial charge on any atom is -0.350 e. The van der Waals surface area contributed by atoms with Gasteiger partial charge in [0.25, 0.3) is 5.69 Å². The molecule has 0 aliphatic carbocycles. The second-order valence-electron chi connectivity index (χ2n) is 4.69. The molecule has 0 radical (unpaired) electrons. The summed E-state index contributed by atoms with van der Waals surface area (Å²) in [6, 6.07) is 6.15. The molecule has 1 aliphatic rings. The quantitative estimate of drug-likeness (QED) is 0.297. The first-order valence-electron chi connectivity index (χ1n) is 5.48. The molecule has 1 aromatic carbocycles. The highest BCUT2D eigenvalue weighted by atomic mass is 32.1. The average molecular weight is 264 g/mol. The number of β-lactam (4-membered cyclic amide) rings is 1. The van der Waals surface area contributed by atoms with E-state index in [9.17, 15) is 14.9 Å². The summed E-state index contributed by atoms with van der Waals surface area (Å²) in [6.07, 6.45) is 1.05. The summed E-state index contributed by atoms with van der Waals surface area (Å²) < 4.78 is 0. The highest BCUT2D eigenvalue weighted by molar-refractivity contribution is 7.80. The Morgan fingerprint density at radius 2 is 2.06 bits per heavy atom. The van der Waals surface area contributed by atoms with Crippen LogP contribution in [0.25, 0.3) is 0 Å². The Labute approximate surface area is 109 Å². The van der Waals surface area contributed by atoms with Crippen molar-refractivity contribution >= 4 is 28.7 Å². The number of carbonyl (C=O) groups is 1. The van der Waals surface area contributed by atoms with Crippen molar-refractivity contribution in [1.82, 2.24) is 5.32 Å². The van der Waals surface area contributed by atoms with E-state index >= 15 is 0 Å². The van der Waals surface area contributed by atoms with Crippen molar-refractivity contribution in [3.05, 3.63) is 39.9 Å². The average Bonchev–Trinajstić information content (AvgIpc) is 2.27. The Morgan fingerprint density at radius 1 is 1.50 bits per heavy atom. The van der Waals surface area contributed by atoms with Gasteiger partial charge in [0.15, 0.2) is 0 Å². The van der Waals surface area contributed by atoms with E-state index in [4.69, 9.17) is 12.2 Å².